The van der Waals surface area contributed by atoms with E-state index in [4.69, 9.17) is 17.6 Å². The van der Waals surface area contributed by atoms with Crippen molar-refractivity contribution in [1.29, 1.82) is 0 Å². The van der Waals surface area contributed by atoms with Crippen LogP contribution in [0.4, 0.5) is 0 Å². The summed E-state index contributed by atoms with van der Waals surface area (Å²) in [6.45, 7) is 6.81. The van der Waals surface area contributed by atoms with Crippen molar-refractivity contribution in [3.05, 3.63) is 71.1 Å². The van der Waals surface area contributed by atoms with Gasteiger partial charge in [0.05, 0.1) is 5.69 Å². The molecule has 0 N–H and O–H groups in total. The minimum absolute atomic E-state index is 0.0672. The molecule has 0 radical (unpaired) electrons. The van der Waals surface area contributed by atoms with E-state index in [1.54, 1.807) is 11.3 Å². The normalized spacial score (nSPS) is 12.1. The Morgan fingerprint density at radius 1 is 0.828 bits per heavy atom. The second-order valence-electron chi connectivity index (χ2n) is 8.34. The van der Waals surface area contributed by atoms with Crippen molar-refractivity contribution in [3.63, 3.8) is 0 Å². The van der Waals surface area contributed by atoms with E-state index < -0.39 is 0 Å². The number of hydrogen-bond acceptors (Lipinski definition) is 4. The minimum atomic E-state index is 0.0672. The molecule has 1 nitrogen and oxygen atoms in total. The zero-order chi connectivity index (χ0) is 20.2. The fraction of sp³-hybridized carbons (Fsp3) is 0.160. The first-order valence-corrected chi connectivity index (χ1v) is 11.8. The quantitative estimate of drug-likeness (QED) is 0.277. The maximum Gasteiger partial charge on any atom is 0.0841 e. The molecule has 0 spiro atoms. The molecule has 3 aromatic heterocycles. The predicted octanol–water partition coefficient (Wildman–Crippen LogP) is 8.43. The average Bonchev–Trinajstić information content (AvgIpc) is 3.35. The molecule has 0 aliphatic rings. The molecule has 5 aromatic rings. The van der Waals surface area contributed by atoms with Gasteiger partial charge in [0.15, 0.2) is 0 Å². The summed E-state index contributed by atoms with van der Waals surface area (Å²) in [5.74, 6) is 0. The highest BCUT2D eigenvalue weighted by Crippen LogP contribution is 2.40. The molecule has 0 saturated carbocycles. The monoisotopic (exact) mass is 431 g/mol. The second kappa shape index (κ2) is 6.98. The Morgan fingerprint density at radius 3 is 2.45 bits per heavy atom. The number of benzene rings is 2. The molecule has 3 heterocycles. The molecule has 29 heavy (non-hydrogen) atoms. The largest absolute Gasteiger partial charge is 0.255 e. The van der Waals surface area contributed by atoms with Crippen molar-refractivity contribution in [1.82, 2.24) is 4.98 Å². The SMILES string of the molecule is CC(C)(C)c1cc(-c2nccc(-c3ccc4ccsc4c3)c2S)cc2ccsc12. The van der Waals surface area contributed by atoms with Gasteiger partial charge in [-0.15, -0.1) is 35.3 Å². The lowest BCUT2D eigenvalue weighted by atomic mass is 9.85. The maximum absolute atomic E-state index is 4.94. The predicted molar refractivity (Wildman–Crippen MR) is 132 cm³/mol. The molecule has 2 aromatic carbocycles. The van der Waals surface area contributed by atoms with Gasteiger partial charge in [0.1, 0.15) is 0 Å². The number of hydrogen-bond donors (Lipinski definition) is 1. The van der Waals surface area contributed by atoms with Crippen LogP contribution in [0.1, 0.15) is 26.3 Å². The number of nitrogens with zero attached hydrogens (tertiary/aromatic N) is 1. The fourth-order valence-electron chi connectivity index (χ4n) is 3.80. The lowest BCUT2D eigenvalue weighted by molar-refractivity contribution is 0.597. The van der Waals surface area contributed by atoms with E-state index in [-0.39, 0.29) is 5.41 Å². The summed E-state index contributed by atoms with van der Waals surface area (Å²) in [7, 11) is 0. The topological polar surface area (TPSA) is 12.9 Å². The van der Waals surface area contributed by atoms with Crippen LogP contribution in [0.25, 0.3) is 42.6 Å². The Labute approximate surface area is 184 Å². The van der Waals surface area contributed by atoms with Gasteiger partial charge >= 0.3 is 0 Å². The van der Waals surface area contributed by atoms with Gasteiger partial charge in [-0.05, 0) is 80.0 Å². The van der Waals surface area contributed by atoms with Gasteiger partial charge in [0, 0.05) is 26.1 Å². The molecule has 5 rings (SSSR count). The van der Waals surface area contributed by atoms with Crippen LogP contribution in [0.2, 0.25) is 0 Å². The first-order chi connectivity index (χ1) is 13.9. The van der Waals surface area contributed by atoms with Crippen LogP contribution in [-0.4, -0.2) is 4.98 Å². The van der Waals surface area contributed by atoms with Crippen LogP contribution in [-0.2, 0) is 5.41 Å². The van der Waals surface area contributed by atoms with Gasteiger partial charge in [-0.25, -0.2) is 0 Å². The van der Waals surface area contributed by atoms with Crippen molar-refractivity contribution < 1.29 is 0 Å². The maximum atomic E-state index is 4.94. The summed E-state index contributed by atoms with van der Waals surface area (Å²) < 4.78 is 2.66. The number of rotatable bonds is 2. The minimum Gasteiger partial charge on any atom is -0.255 e. The molecule has 0 bridgehead atoms. The Morgan fingerprint density at radius 2 is 1.62 bits per heavy atom. The highest BCUT2D eigenvalue weighted by atomic mass is 32.1. The van der Waals surface area contributed by atoms with Gasteiger partial charge < -0.3 is 0 Å². The van der Waals surface area contributed by atoms with E-state index in [0.29, 0.717) is 0 Å². The van der Waals surface area contributed by atoms with Gasteiger partial charge in [-0.1, -0.05) is 32.9 Å². The lowest BCUT2D eigenvalue weighted by Gasteiger charge is -2.21. The standard InChI is InChI=1S/C25H21NS3/c1-25(2,3)20-13-18(12-17-8-11-29-24(17)20)22-23(27)19(6-9-26-22)16-5-4-15-7-10-28-21(15)14-16/h4-14,27H,1-3H3. The third-order valence-corrected chi connectivity index (χ3v) is 7.62. The molecule has 0 atom stereocenters. The molecule has 0 unspecified atom stereocenters. The van der Waals surface area contributed by atoms with Crippen molar-refractivity contribution in [2.75, 3.05) is 0 Å². The van der Waals surface area contributed by atoms with Crippen LogP contribution >= 0.6 is 35.3 Å². The Hall–Kier alpha value is -2.14. The van der Waals surface area contributed by atoms with Gasteiger partial charge in [0.2, 0.25) is 0 Å². The molecule has 0 saturated heterocycles. The van der Waals surface area contributed by atoms with E-state index in [1.165, 1.54) is 31.3 Å². The lowest BCUT2D eigenvalue weighted by Crippen LogP contribution is -2.11. The number of thiophene rings is 2. The third kappa shape index (κ3) is 3.29. The zero-order valence-electron chi connectivity index (χ0n) is 16.6. The van der Waals surface area contributed by atoms with Gasteiger partial charge in [-0.2, -0.15) is 0 Å². The number of aromatic nitrogens is 1. The van der Waals surface area contributed by atoms with Crippen LogP contribution in [0.15, 0.2) is 70.4 Å². The van der Waals surface area contributed by atoms with Crippen molar-refractivity contribution in [3.8, 4) is 22.4 Å². The van der Waals surface area contributed by atoms with Crippen LogP contribution in [0.3, 0.4) is 0 Å². The molecule has 0 fully saturated rings. The molecule has 144 valence electrons. The van der Waals surface area contributed by atoms with Gasteiger partial charge in [-0.3, -0.25) is 4.98 Å². The summed E-state index contributed by atoms with van der Waals surface area (Å²) in [5, 5.41) is 6.87. The molecular formula is C25H21NS3. The fourth-order valence-corrected chi connectivity index (χ4v) is 6.12. The van der Waals surface area contributed by atoms with E-state index in [1.807, 2.05) is 17.5 Å². The summed E-state index contributed by atoms with van der Waals surface area (Å²) in [6, 6.07) is 17.6. The number of thiol groups is 1. The Kier molecular flexibility index (Phi) is 4.54. The first-order valence-electron chi connectivity index (χ1n) is 9.59. The smallest absolute Gasteiger partial charge is 0.0841 e. The zero-order valence-corrected chi connectivity index (χ0v) is 19.1. The van der Waals surface area contributed by atoms with Gasteiger partial charge in [0.25, 0.3) is 0 Å². The van der Waals surface area contributed by atoms with E-state index in [0.717, 1.165) is 21.7 Å². The number of fused-ring (bicyclic) bond motifs is 2. The second-order valence-corrected chi connectivity index (χ2v) is 10.7. The molecule has 4 heteroatoms. The summed E-state index contributed by atoms with van der Waals surface area (Å²) in [5.41, 5.74) is 5.80. The van der Waals surface area contributed by atoms with Crippen molar-refractivity contribution >= 4 is 55.5 Å². The highest BCUT2D eigenvalue weighted by Gasteiger charge is 2.20. The summed E-state index contributed by atoms with van der Waals surface area (Å²) >= 11 is 8.53. The Bertz CT molecular complexity index is 1350. The average molecular weight is 432 g/mol. The first kappa shape index (κ1) is 18.9. The van der Waals surface area contributed by atoms with Crippen LogP contribution in [0.5, 0.6) is 0 Å². The van der Waals surface area contributed by atoms with E-state index in [2.05, 4.69) is 80.1 Å². The molecule has 0 aliphatic carbocycles. The van der Waals surface area contributed by atoms with E-state index >= 15 is 0 Å². The number of pyridine rings is 1. The van der Waals surface area contributed by atoms with Crippen LogP contribution < -0.4 is 0 Å². The van der Waals surface area contributed by atoms with E-state index in [9.17, 15) is 0 Å². The van der Waals surface area contributed by atoms with Crippen molar-refractivity contribution in [2.24, 2.45) is 0 Å². The Balaban J connectivity index is 1.70. The van der Waals surface area contributed by atoms with Crippen LogP contribution in [0, 0.1) is 0 Å². The van der Waals surface area contributed by atoms with Crippen molar-refractivity contribution in [2.45, 2.75) is 31.1 Å². The molecular weight excluding hydrogens is 410 g/mol. The summed E-state index contributed by atoms with van der Waals surface area (Å²) in [4.78, 5) is 5.66. The highest BCUT2D eigenvalue weighted by molar-refractivity contribution is 7.80. The molecule has 0 aliphatic heterocycles. The summed E-state index contributed by atoms with van der Waals surface area (Å²) in [6.07, 6.45) is 1.90. The third-order valence-electron chi connectivity index (χ3n) is 5.32. The molecule has 0 amide bonds.